The van der Waals surface area contributed by atoms with Crippen LogP contribution in [0.25, 0.3) is 0 Å². The van der Waals surface area contributed by atoms with Crippen molar-refractivity contribution in [1.82, 2.24) is 0 Å². The second kappa shape index (κ2) is 4.95. The molecular weight excluding hydrogens is 188 g/mol. The molecule has 5 heteroatoms. The van der Waals surface area contributed by atoms with Crippen molar-refractivity contribution in [3.05, 3.63) is 0 Å². The Morgan fingerprint density at radius 1 is 1.36 bits per heavy atom. The molecule has 0 heterocycles. The molecule has 0 radical (unpaired) electrons. The van der Waals surface area contributed by atoms with E-state index in [0.29, 0.717) is 6.42 Å². The monoisotopic (exact) mass is 204 g/mol. The molecule has 0 fully saturated rings. The van der Waals surface area contributed by atoms with Gasteiger partial charge in [-0.05, 0) is 12.3 Å². The number of rotatable bonds is 6. The molecule has 0 saturated carbocycles. The van der Waals surface area contributed by atoms with Crippen LogP contribution in [-0.4, -0.2) is 32.9 Å². The van der Waals surface area contributed by atoms with Crippen molar-refractivity contribution in [1.29, 1.82) is 0 Å². The van der Waals surface area contributed by atoms with Gasteiger partial charge in [-0.15, -0.1) is 0 Å². The van der Waals surface area contributed by atoms with Crippen LogP contribution >= 0.6 is 0 Å². The van der Waals surface area contributed by atoms with E-state index >= 15 is 0 Å². The Kier molecular flexibility index (Phi) is 4.56. The minimum Gasteiger partial charge on any atom is -0.481 e. The minimum absolute atomic E-state index is 0.0181. The third kappa shape index (κ3) is 3.74. The summed E-state index contributed by atoms with van der Waals surface area (Å²) >= 11 is 0. The van der Waals surface area contributed by atoms with Crippen molar-refractivity contribution in [2.24, 2.45) is 5.92 Å². The van der Waals surface area contributed by atoms with Crippen LogP contribution < -0.4 is 0 Å². The highest BCUT2D eigenvalue weighted by Gasteiger charge is 2.39. The van der Waals surface area contributed by atoms with Crippen LogP contribution in [0, 0.1) is 5.92 Å². The molecule has 0 aromatic carbocycles. The molecule has 0 aromatic heterocycles. The molecule has 5 nitrogen and oxygen atoms in total. The SMILES string of the molecule is CCC(C)CC(O)(CC(=O)O)C(=O)O. The maximum Gasteiger partial charge on any atom is 0.336 e. The topological polar surface area (TPSA) is 94.8 Å². The Morgan fingerprint density at radius 2 is 1.86 bits per heavy atom. The van der Waals surface area contributed by atoms with Crippen molar-refractivity contribution >= 4 is 11.9 Å². The summed E-state index contributed by atoms with van der Waals surface area (Å²) in [4.78, 5) is 21.1. The Morgan fingerprint density at radius 3 is 2.14 bits per heavy atom. The number of aliphatic carboxylic acids is 2. The lowest BCUT2D eigenvalue weighted by molar-refractivity contribution is -0.167. The van der Waals surface area contributed by atoms with Crippen molar-refractivity contribution < 1.29 is 24.9 Å². The van der Waals surface area contributed by atoms with Gasteiger partial charge in [0.15, 0.2) is 5.60 Å². The van der Waals surface area contributed by atoms with Crippen LogP contribution in [0.5, 0.6) is 0 Å². The van der Waals surface area contributed by atoms with E-state index in [1.807, 2.05) is 6.92 Å². The summed E-state index contributed by atoms with van der Waals surface area (Å²) in [5, 5.41) is 26.8. The standard InChI is InChI=1S/C9H16O5/c1-3-6(2)4-9(14,8(12)13)5-7(10)11/h6,14H,3-5H2,1-2H3,(H,10,11)(H,12,13). The molecule has 2 atom stereocenters. The van der Waals surface area contributed by atoms with Gasteiger partial charge in [0.2, 0.25) is 0 Å². The number of carboxylic acid groups (broad SMARTS) is 2. The number of hydrogen-bond acceptors (Lipinski definition) is 3. The molecule has 0 aliphatic rings. The molecule has 0 rings (SSSR count). The van der Waals surface area contributed by atoms with E-state index in [4.69, 9.17) is 10.2 Å². The Balaban J connectivity index is 4.55. The molecule has 14 heavy (non-hydrogen) atoms. The van der Waals surface area contributed by atoms with Gasteiger partial charge in [-0.3, -0.25) is 4.79 Å². The van der Waals surface area contributed by atoms with Crippen molar-refractivity contribution in [3.63, 3.8) is 0 Å². The summed E-state index contributed by atoms with van der Waals surface area (Å²) < 4.78 is 0. The lowest BCUT2D eigenvalue weighted by atomic mass is 9.87. The highest BCUT2D eigenvalue weighted by Crippen LogP contribution is 2.23. The van der Waals surface area contributed by atoms with Gasteiger partial charge in [-0.1, -0.05) is 20.3 Å². The first-order valence-electron chi connectivity index (χ1n) is 4.49. The normalized spacial score (nSPS) is 17.1. The fourth-order valence-electron chi connectivity index (χ4n) is 1.21. The molecule has 0 amide bonds. The summed E-state index contributed by atoms with van der Waals surface area (Å²) in [6.07, 6.45) is -0.0903. The van der Waals surface area contributed by atoms with Gasteiger partial charge in [0.25, 0.3) is 0 Å². The third-order valence-corrected chi connectivity index (χ3v) is 2.22. The van der Waals surface area contributed by atoms with Gasteiger partial charge < -0.3 is 15.3 Å². The van der Waals surface area contributed by atoms with Gasteiger partial charge in [0.1, 0.15) is 0 Å². The predicted octanol–water partition coefficient (Wildman–Crippen LogP) is 0.713. The fourth-order valence-corrected chi connectivity index (χ4v) is 1.21. The highest BCUT2D eigenvalue weighted by atomic mass is 16.4. The van der Waals surface area contributed by atoms with Crippen LogP contribution in [-0.2, 0) is 9.59 Å². The summed E-state index contributed by atoms with van der Waals surface area (Å²) in [5.74, 6) is -2.80. The van der Waals surface area contributed by atoms with Crippen LogP contribution in [0.2, 0.25) is 0 Å². The molecule has 0 aliphatic carbocycles. The number of aliphatic hydroxyl groups is 1. The summed E-state index contributed by atoms with van der Waals surface area (Å²) in [6.45, 7) is 3.63. The van der Waals surface area contributed by atoms with E-state index in [9.17, 15) is 14.7 Å². The van der Waals surface area contributed by atoms with E-state index in [-0.39, 0.29) is 12.3 Å². The third-order valence-electron chi connectivity index (χ3n) is 2.22. The molecule has 82 valence electrons. The van der Waals surface area contributed by atoms with Crippen LogP contribution in [0.4, 0.5) is 0 Å². The van der Waals surface area contributed by atoms with Crippen LogP contribution in [0.15, 0.2) is 0 Å². The second-order valence-corrected chi connectivity index (χ2v) is 3.62. The first-order valence-corrected chi connectivity index (χ1v) is 4.49. The minimum atomic E-state index is -2.14. The zero-order chi connectivity index (χ0) is 11.4. The summed E-state index contributed by atoms with van der Waals surface area (Å²) in [6, 6.07) is 0. The number of carboxylic acids is 2. The van der Waals surface area contributed by atoms with Gasteiger partial charge in [0.05, 0.1) is 6.42 Å². The first kappa shape index (κ1) is 12.9. The van der Waals surface area contributed by atoms with E-state index < -0.39 is 24.0 Å². The van der Waals surface area contributed by atoms with Crippen LogP contribution in [0.1, 0.15) is 33.1 Å². The molecule has 0 aliphatic heterocycles. The molecule has 0 aromatic rings. The molecule has 0 bridgehead atoms. The molecule has 0 saturated heterocycles. The molecular formula is C9H16O5. The maximum absolute atomic E-state index is 10.7. The summed E-state index contributed by atoms with van der Waals surface area (Å²) in [5.41, 5.74) is -2.14. The quantitative estimate of drug-likeness (QED) is 0.592. The van der Waals surface area contributed by atoms with Crippen molar-refractivity contribution in [2.75, 3.05) is 0 Å². The molecule has 2 unspecified atom stereocenters. The largest absolute Gasteiger partial charge is 0.481 e. The molecule has 3 N–H and O–H groups in total. The van der Waals surface area contributed by atoms with Crippen LogP contribution in [0.3, 0.4) is 0 Å². The highest BCUT2D eigenvalue weighted by molar-refractivity contribution is 5.83. The zero-order valence-electron chi connectivity index (χ0n) is 8.36. The number of hydrogen-bond donors (Lipinski definition) is 3. The van der Waals surface area contributed by atoms with E-state index in [1.54, 1.807) is 6.92 Å². The van der Waals surface area contributed by atoms with Gasteiger partial charge in [0, 0.05) is 0 Å². The lowest BCUT2D eigenvalue weighted by Crippen LogP contribution is -2.42. The fraction of sp³-hybridized carbons (Fsp3) is 0.778. The van der Waals surface area contributed by atoms with Crippen molar-refractivity contribution in [2.45, 2.75) is 38.7 Å². The van der Waals surface area contributed by atoms with E-state index in [2.05, 4.69) is 0 Å². The first-order chi connectivity index (χ1) is 6.31. The Bertz CT molecular complexity index is 225. The van der Waals surface area contributed by atoms with E-state index in [1.165, 1.54) is 0 Å². The average Bonchev–Trinajstić information content (AvgIpc) is 2.02. The summed E-state index contributed by atoms with van der Waals surface area (Å²) in [7, 11) is 0. The Labute approximate surface area is 82.4 Å². The average molecular weight is 204 g/mol. The number of carbonyl (C=O) groups is 2. The van der Waals surface area contributed by atoms with Crippen molar-refractivity contribution in [3.8, 4) is 0 Å². The second-order valence-electron chi connectivity index (χ2n) is 3.62. The molecule has 0 spiro atoms. The predicted molar refractivity (Wildman–Crippen MR) is 48.9 cm³/mol. The smallest absolute Gasteiger partial charge is 0.336 e. The van der Waals surface area contributed by atoms with E-state index in [0.717, 1.165) is 0 Å². The zero-order valence-corrected chi connectivity index (χ0v) is 8.36. The van der Waals surface area contributed by atoms with Gasteiger partial charge >= 0.3 is 11.9 Å². The van der Waals surface area contributed by atoms with Gasteiger partial charge in [-0.2, -0.15) is 0 Å². The lowest BCUT2D eigenvalue weighted by Gasteiger charge is -2.24. The van der Waals surface area contributed by atoms with Gasteiger partial charge in [-0.25, -0.2) is 4.79 Å². The maximum atomic E-state index is 10.7. The Hall–Kier alpha value is -1.10.